The topological polar surface area (TPSA) is 383 Å². The van der Waals surface area contributed by atoms with Crippen LogP contribution in [0.2, 0.25) is 0 Å². The SMILES string of the molecule is Cc1c2oc3c(C)ccc(C(=O)N[C@@H]4C(=O)N[C@H](C(C)C)C(=O)N5[C@H](C(=O)N(C)CC(=O)N(C)[C@@H](C(C)C)C(=O)O[C@@H]4C)[C@@H](O)C[C@@H]5C)c3nc-2c2c(c1=O)N[C@H]([C@@H]1NC(=O)[C@H](C)N(C)C(=O)CN(C)C(=O)[C@@H]3CC(=O)CN3C(=O)[C@@H](C(C)C)NC1=O)COC2=O. The van der Waals surface area contributed by atoms with E-state index in [4.69, 9.17) is 18.9 Å². The molecule has 0 bridgehead atoms. The fourth-order valence-electron chi connectivity index (χ4n) is 12.3. The van der Waals surface area contributed by atoms with E-state index in [1.54, 1.807) is 55.4 Å². The first-order valence-corrected chi connectivity index (χ1v) is 30.2. The average Bonchev–Trinajstić information content (AvgIpc) is 1.24. The summed E-state index contributed by atoms with van der Waals surface area (Å²) in [5, 5.41) is 24.8. The monoisotopic (exact) mass is 1270 g/mol. The zero-order chi connectivity index (χ0) is 67.4. The van der Waals surface area contributed by atoms with E-state index in [0.717, 1.165) is 24.5 Å². The van der Waals surface area contributed by atoms with E-state index in [2.05, 4.69) is 26.6 Å². The van der Waals surface area contributed by atoms with Gasteiger partial charge in [-0.1, -0.05) is 47.6 Å². The molecule has 30 heteroatoms. The Kier molecular flexibility index (Phi) is 19.7. The van der Waals surface area contributed by atoms with E-state index < -0.39 is 210 Å². The van der Waals surface area contributed by atoms with Crippen molar-refractivity contribution in [2.45, 2.75) is 162 Å². The van der Waals surface area contributed by atoms with Crippen molar-refractivity contribution in [1.29, 1.82) is 0 Å². The van der Waals surface area contributed by atoms with Crippen molar-refractivity contribution in [1.82, 2.24) is 55.7 Å². The fraction of sp³-hybridized carbons (Fsp3) is 0.590. The number of Topliss-reactive ketones (excluding diaryl/α,β-unsaturated/α-hetero) is 1. The molecule has 6 N–H and O–H groups in total. The number of fused-ring (bicyclic) bond motifs is 6. The maximum absolute atomic E-state index is 15.1. The van der Waals surface area contributed by atoms with Crippen LogP contribution < -0.4 is 32.0 Å². The standard InChI is InChI=1S/C61H80N12O18/c1-24(2)40-57(84)72-20-32(74)19-35(72)56(83)68(12)21-37(76)70(14)30(10)52(79)67-44(55(82)64-40)34-23-89-60(87)39-45(62-34)49(78)29(9)51-46(39)63-43-33(17-16-27(7)50(43)91-51)53(80)66-42-31(11)90-61(88)47(26(5)6)71(15)38(77)22-69(13)59(86)48-36(75)18-28(8)73(48)58(85)41(25(3)4)65-54(42)81/h16-17,24-26,28,30-31,34-36,40-42,44,47-48,62,75H,18-23H2,1-15H3,(H,64,82)(H,65,81)(H,66,80)(H,67,79)/t28-,30-,31+,34-,35-,36-,40+,41+,42-,44-,47-,48-/m0/s1. The maximum atomic E-state index is 15.1. The Morgan fingerprint density at radius 1 is 0.714 bits per heavy atom. The summed E-state index contributed by atoms with van der Waals surface area (Å²) in [5.41, 5.74) is -2.61. The van der Waals surface area contributed by atoms with Crippen molar-refractivity contribution >= 4 is 93.6 Å². The number of aryl methyl sites for hydroxylation is 1. The lowest BCUT2D eigenvalue weighted by molar-refractivity contribution is -0.163. The Hall–Kier alpha value is -9.09. The molecule has 0 saturated carbocycles. The van der Waals surface area contributed by atoms with Crippen LogP contribution in [0, 0.1) is 31.6 Å². The third kappa shape index (κ3) is 13.0. The van der Waals surface area contributed by atoms with Gasteiger partial charge in [-0.3, -0.25) is 57.5 Å². The highest BCUT2D eigenvalue weighted by molar-refractivity contribution is 6.10. The predicted octanol–water partition coefficient (Wildman–Crippen LogP) is -1.55. The summed E-state index contributed by atoms with van der Waals surface area (Å²) in [6, 6.07) is -11.3. The molecule has 8 rings (SSSR count). The maximum Gasteiger partial charge on any atom is 0.342 e. The Balaban J connectivity index is 1.20. The van der Waals surface area contributed by atoms with Crippen molar-refractivity contribution in [3.63, 3.8) is 0 Å². The van der Waals surface area contributed by atoms with Gasteiger partial charge in [0.05, 0.1) is 37.3 Å². The minimum atomic E-state index is -1.83. The highest BCUT2D eigenvalue weighted by atomic mass is 16.5. The number of cyclic esters (lactones) is 2. The van der Waals surface area contributed by atoms with Gasteiger partial charge in [-0.05, 0) is 70.4 Å². The molecule has 492 valence electrons. The number of hydrogen-bond donors (Lipinski definition) is 6. The molecular weight excluding hydrogens is 1190 g/mol. The normalized spacial score (nSPS) is 28.3. The number of carbonyl (C=O) groups excluding carboxylic acids is 13. The second-order valence-electron chi connectivity index (χ2n) is 25.4. The Bertz CT molecular complexity index is 3570. The summed E-state index contributed by atoms with van der Waals surface area (Å²) in [4.78, 5) is 211. The van der Waals surface area contributed by atoms with E-state index in [0.29, 0.717) is 5.56 Å². The molecule has 0 unspecified atom stereocenters. The molecule has 0 radical (unpaired) electrons. The molecule has 6 aliphatic heterocycles. The van der Waals surface area contributed by atoms with Crippen LogP contribution in [-0.4, -0.2) is 243 Å². The van der Waals surface area contributed by atoms with Crippen molar-refractivity contribution in [2.75, 3.05) is 59.7 Å². The van der Waals surface area contributed by atoms with Crippen molar-refractivity contribution < 1.29 is 81.3 Å². The van der Waals surface area contributed by atoms with Gasteiger partial charge in [-0.15, -0.1) is 0 Å². The number of aliphatic hydroxyl groups is 1. The molecule has 10 amide bonds. The molecule has 0 aromatic heterocycles. The molecule has 7 aliphatic rings. The smallest absolute Gasteiger partial charge is 0.342 e. The Morgan fingerprint density at radius 2 is 1.32 bits per heavy atom. The van der Waals surface area contributed by atoms with Crippen LogP contribution in [0.15, 0.2) is 21.3 Å². The lowest BCUT2D eigenvalue weighted by atomic mass is 9.98. The lowest BCUT2D eigenvalue weighted by Crippen LogP contribution is -2.63. The summed E-state index contributed by atoms with van der Waals surface area (Å²) in [6.07, 6.45) is -3.28. The van der Waals surface area contributed by atoms with Crippen LogP contribution in [0.4, 0.5) is 5.69 Å². The molecular formula is C61H80N12O18. The number of benzene rings is 2. The Morgan fingerprint density at radius 3 is 1.95 bits per heavy atom. The zero-order valence-electron chi connectivity index (χ0n) is 53.6. The third-order valence-electron chi connectivity index (χ3n) is 17.8. The van der Waals surface area contributed by atoms with Gasteiger partial charge in [0.2, 0.25) is 58.6 Å². The van der Waals surface area contributed by atoms with Gasteiger partial charge in [-0.2, -0.15) is 0 Å². The van der Waals surface area contributed by atoms with Gasteiger partial charge >= 0.3 is 11.9 Å². The van der Waals surface area contributed by atoms with Crippen LogP contribution in [0.25, 0.3) is 22.6 Å². The number of carbonyl (C=O) groups is 13. The van der Waals surface area contributed by atoms with Crippen molar-refractivity contribution in [3.05, 3.63) is 44.6 Å². The van der Waals surface area contributed by atoms with Gasteiger partial charge in [0.1, 0.15) is 83.5 Å². The van der Waals surface area contributed by atoms with Crippen LogP contribution in [0.5, 0.6) is 0 Å². The minimum absolute atomic E-state index is 0.0186. The van der Waals surface area contributed by atoms with Crippen LogP contribution in [0.3, 0.4) is 0 Å². The average molecular weight is 1270 g/mol. The number of ketones is 1. The van der Waals surface area contributed by atoms with Gasteiger partial charge < -0.3 is 75.0 Å². The number of anilines is 1. The first kappa shape index (κ1) is 67.8. The van der Waals surface area contributed by atoms with Crippen LogP contribution >= 0.6 is 0 Å². The summed E-state index contributed by atoms with van der Waals surface area (Å²) >= 11 is 0. The molecule has 1 aromatic rings. The minimum Gasteiger partial charge on any atom is -0.460 e. The molecule has 12 atom stereocenters. The highest BCUT2D eigenvalue weighted by Crippen LogP contribution is 2.37. The van der Waals surface area contributed by atoms with Crippen LogP contribution in [-0.2, 0) is 62.2 Å². The number of aliphatic hydroxyl groups excluding tert-OH is 1. The van der Waals surface area contributed by atoms with E-state index in [1.807, 2.05) is 0 Å². The van der Waals surface area contributed by atoms with Gasteiger partial charge in [0.15, 0.2) is 17.1 Å². The quantitative estimate of drug-likeness (QED) is 0.120. The zero-order valence-corrected chi connectivity index (χ0v) is 53.6. The van der Waals surface area contributed by atoms with E-state index in [-0.39, 0.29) is 46.5 Å². The molecule has 1 aliphatic carbocycles. The Labute approximate surface area is 524 Å². The fourth-order valence-corrected chi connectivity index (χ4v) is 12.3. The van der Waals surface area contributed by atoms with Gasteiger partial charge in [-0.25, -0.2) is 14.6 Å². The summed E-state index contributed by atoms with van der Waals surface area (Å²) in [7, 11) is 5.26. The molecule has 30 nitrogen and oxygen atoms in total. The third-order valence-corrected chi connectivity index (χ3v) is 17.8. The lowest BCUT2D eigenvalue weighted by Gasteiger charge is -2.37. The summed E-state index contributed by atoms with van der Waals surface area (Å²) in [5.74, 6) is -13.4. The molecule has 1 aromatic carbocycles. The van der Waals surface area contributed by atoms with Gasteiger partial charge in [0.25, 0.3) is 5.91 Å². The summed E-state index contributed by atoms with van der Waals surface area (Å²) in [6.45, 7) is 14.6. The molecule has 4 saturated heterocycles. The molecule has 4 fully saturated rings. The number of ether oxygens (including phenoxy) is 2. The first-order chi connectivity index (χ1) is 42.6. The largest absolute Gasteiger partial charge is 0.460 e. The second-order valence-corrected chi connectivity index (χ2v) is 25.4. The van der Waals surface area contributed by atoms with E-state index in [9.17, 15) is 67.4 Å². The van der Waals surface area contributed by atoms with Gasteiger partial charge in [0, 0.05) is 46.2 Å². The number of esters is 2. The number of amides is 10. The molecule has 0 spiro atoms. The van der Waals surface area contributed by atoms with Crippen molar-refractivity contribution in [3.8, 4) is 11.5 Å². The number of aromatic nitrogens is 1. The molecule has 91 heavy (non-hydrogen) atoms. The first-order valence-electron chi connectivity index (χ1n) is 30.2. The number of hydrogen-bond acceptors (Lipinski definition) is 20. The predicted molar refractivity (Wildman–Crippen MR) is 321 cm³/mol. The van der Waals surface area contributed by atoms with E-state index in [1.165, 1.54) is 66.0 Å². The number of likely N-dealkylation sites (N-methyl/N-ethyl adjacent to an activating group) is 4. The highest BCUT2D eigenvalue weighted by Gasteiger charge is 2.51. The van der Waals surface area contributed by atoms with Crippen LogP contribution in [0.1, 0.15) is 107 Å². The second kappa shape index (κ2) is 26.4. The number of rotatable bonds is 6. The summed E-state index contributed by atoms with van der Waals surface area (Å²) < 4.78 is 18.1. The number of nitrogens with zero attached hydrogens (tertiary/aromatic N) is 7. The number of nitrogens with one attached hydrogen (secondary N) is 5. The molecule has 6 heterocycles. The van der Waals surface area contributed by atoms with Crippen molar-refractivity contribution in [2.24, 2.45) is 17.8 Å². The van der Waals surface area contributed by atoms with E-state index >= 15 is 4.79 Å².